The van der Waals surface area contributed by atoms with Gasteiger partial charge in [0, 0.05) is 0 Å². The molecule has 6 heteroatoms. The minimum Gasteiger partial charge on any atom is -0.330 e. The fourth-order valence-corrected chi connectivity index (χ4v) is 5.25. The molecule has 0 amide bonds. The Morgan fingerprint density at radius 2 is 1.85 bits per heavy atom. The molecule has 0 aliphatic heterocycles. The highest BCUT2D eigenvalue weighted by atomic mass is 32.3. The normalized spacial score (nSPS) is 30.8. The van der Waals surface area contributed by atoms with Gasteiger partial charge in [-0.15, -0.1) is 0 Å². The van der Waals surface area contributed by atoms with Crippen LogP contribution in [0.2, 0.25) is 0 Å². The van der Waals surface area contributed by atoms with E-state index in [1.807, 2.05) is 0 Å². The zero-order valence-corrected chi connectivity index (χ0v) is 17.1. The molecule has 1 unspecified atom stereocenters. The summed E-state index contributed by atoms with van der Waals surface area (Å²) in [5.41, 5.74) is 11.6. The van der Waals surface area contributed by atoms with Crippen LogP contribution in [-0.2, 0) is 22.2 Å². The summed E-state index contributed by atoms with van der Waals surface area (Å²) in [7, 11) is -4.67. The zero-order valence-electron chi connectivity index (χ0n) is 16.3. The molecule has 0 saturated heterocycles. The molecule has 2 aliphatic carbocycles. The van der Waals surface area contributed by atoms with Crippen LogP contribution in [0.4, 0.5) is 0 Å². The van der Waals surface area contributed by atoms with E-state index in [0.717, 1.165) is 12.5 Å². The smallest absolute Gasteiger partial charge is 0.330 e. The van der Waals surface area contributed by atoms with Gasteiger partial charge in [0.05, 0.1) is 0 Å². The number of hydrogen-bond donors (Lipinski definition) is 3. The molecule has 148 valence electrons. The molecule has 0 bridgehead atoms. The molecule has 0 heterocycles. The molecule has 0 radical (unpaired) electrons. The van der Waals surface area contributed by atoms with Crippen molar-refractivity contribution in [3.05, 3.63) is 34.9 Å². The summed E-state index contributed by atoms with van der Waals surface area (Å²) in [5, 5.41) is 0. The second-order valence-electron chi connectivity index (χ2n) is 8.74. The molecule has 1 fully saturated rings. The molecule has 1 aromatic carbocycles. The minimum atomic E-state index is -4.67. The van der Waals surface area contributed by atoms with Crippen molar-refractivity contribution in [1.82, 2.24) is 0 Å². The van der Waals surface area contributed by atoms with Crippen molar-refractivity contribution in [3.8, 4) is 0 Å². The predicted octanol–water partition coefficient (Wildman–Crippen LogP) is 4.13. The van der Waals surface area contributed by atoms with Gasteiger partial charge in [0.1, 0.15) is 0 Å². The molecular formula is C20H33NO4S. The van der Waals surface area contributed by atoms with Gasteiger partial charge in [0.15, 0.2) is 0 Å². The van der Waals surface area contributed by atoms with E-state index in [0.29, 0.717) is 16.7 Å². The number of aryl methyl sites for hydroxylation is 1. The van der Waals surface area contributed by atoms with Gasteiger partial charge in [-0.1, -0.05) is 52.3 Å². The third-order valence-electron chi connectivity index (χ3n) is 6.63. The van der Waals surface area contributed by atoms with Crippen LogP contribution in [-0.4, -0.2) is 24.1 Å². The molecule has 1 aromatic rings. The van der Waals surface area contributed by atoms with E-state index in [1.165, 1.54) is 37.7 Å². The van der Waals surface area contributed by atoms with E-state index >= 15 is 0 Å². The first kappa shape index (κ1) is 21.4. The Hall–Kier alpha value is -0.950. The quantitative estimate of drug-likeness (QED) is 0.667. The zero-order chi connectivity index (χ0) is 19.8. The first-order chi connectivity index (χ1) is 11.9. The van der Waals surface area contributed by atoms with Crippen LogP contribution < -0.4 is 5.73 Å². The van der Waals surface area contributed by atoms with Gasteiger partial charge >= 0.3 is 10.4 Å². The van der Waals surface area contributed by atoms with Crippen molar-refractivity contribution in [1.29, 1.82) is 0 Å². The Morgan fingerprint density at radius 1 is 1.23 bits per heavy atom. The summed E-state index contributed by atoms with van der Waals surface area (Å²) < 4.78 is 31.6. The molecule has 4 N–H and O–H groups in total. The highest BCUT2D eigenvalue weighted by molar-refractivity contribution is 7.79. The van der Waals surface area contributed by atoms with Gasteiger partial charge in [-0.05, 0) is 71.6 Å². The topological polar surface area (TPSA) is 101 Å². The van der Waals surface area contributed by atoms with Gasteiger partial charge in [-0.2, -0.15) is 8.42 Å². The largest absolute Gasteiger partial charge is 0.394 e. The van der Waals surface area contributed by atoms with Crippen LogP contribution >= 0.6 is 0 Å². The Kier molecular flexibility index (Phi) is 6.23. The van der Waals surface area contributed by atoms with Gasteiger partial charge in [0.25, 0.3) is 0 Å². The summed E-state index contributed by atoms with van der Waals surface area (Å²) in [4.78, 5) is 0. The van der Waals surface area contributed by atoms with Crippen molar-refractivity contribution >= 4 is 10.4 Å². The van der Waals surface area contributed by atoms with Crippen molar-refractivity contribution < 1.29 is 17.5 Å². The molecule has 26 heavy (non-hydrogen) atoms. The fourth-order valence-electron chi connectivity index (χ4n) is 5.25. The summed E-state index contributed by atoms with van der Waals surface area (Å²) in [6.07, 6.45) is 6.53. The lowest BCUT2D eigenvalue weighted by molar-refractivity contribution is 0.0326. The minimum absolute atomic E-state index is 0.335. The molecule has 5 nitrogen and oxygen atoms in total. The van der Waals surface area contributed by atoms with Crippen LogP contribution in [0.25, 0.3) is 0 Å². The number of benzene rings is 1. The first-order valence-electron chi connectivity index (χ1n) is 9.44. The van der Waals surface area contributed by atoms with E-state index in [1.54, 1.807) is 11.1 Å². The lowest BCUT2D eigenvalue weighted by Gasteiger charge is -2.55. The van der Waals surface area contributed by atoms with Crippen molar-refractivity contribution in [2.75, 3.05) is 6.54 Å². The second kappa shape index (κ2) is 7.58. The van der Waals surface area contributed by atoms with E-state index in [9.17, 15) is 0 Å². The lowest BCUT2D eigenvalue weighted by atomic mass is 9.50. The summed E-state index contributed by atoms with van der Waals surface area (Å²) in [6, 6.07) is 7.29. The molecule has 0 spiro atoms. The van der Waals surface area contributed by atoms with Gasteiger partial charge in [-0.3, -0.25) is 9.11 Å². The lowest BCUT2D eigenvalue weighted by Crippen LogP contribution is -2.51. The van der Waals surface area contributed by atoms with Crippen molar-refractivity contribution in [2.45, 2.75) is 71.1 Å². The molecular weight excluding hydrogens is 350 g/mol. The van der Waals surface area contributed by atoms with E-state index in [2.05, 4.69) is 45.9 Å². The number of nitrogens with two attached hydrogens (primary N) is 1. The maximum absolute atomic E-state index is 8.74. The van der Waals surface area contributed by atoms with Crippen molar-refractivity contribution in [2.24, 2.45) is 17.1 Å². The van der Waals surface area contributed by atoms with Gasteiger partial charge in [0.2, 0.25) is 0 Å². The molecule has 2 aliphatic rings. The Labute approximate surface area is 158 Å². The monoisotopic (exact) mass is 383 g/mol. The highest BCUT2D eigenvalue weighted by Crippen LogP contribution is 2.56. The van der Waals surface area contributed by atoms with E-state index < -0.39 is 10.4 Å². The van der Waals surface area contributed by atoms with E-state index in [-0.39, 0.29) is 0 Å². The Morgan fingerprint density at radius 3 is 2.38 bits per heavy atom. The number of rotatable bonds is 2. The Bertz CT molecular complexity index is 738. The standard InChI is InChI=1S/C20H31N.H2O4S/c1-14(2)15-6-8-17-16(12-15)7-9-18-19(3,13-21)10-5-11-20(17,18)4;1-5(2,3)4/h6,8,12,14,18H,5,7,9-11,13,21H2,1-4H3;(H2,1,2,3,4)/t18?,19-,20+;/m0./s1. The van der Waals surface area contributed by atoms with E-state index in [4.69, 9.17) is 23.3 Å². The summed E-state index contributed by atoms with van der Waals surface area (Å²) in [6.45, 7) is 10.4. The maximum Gasteiger partial charge on any atom is 0.394 e. The molecule has 1 saturated carbocycles. The fraction of sp³-hybridized carbons (Fsp3) is 0.700. The average molecular weight is 384 g/mol. The summed E-state index contributed by atoms with van der Waals surface area (Å²) in [5.74, 6) is 1.38. The van der Waals surface area contributed by atoms with Crippen LogP contribution in [0.1, 0.15) is 76.0 Å². The van der Waals surface area contributed by atoms with Crippen LogP contribution in [0.3, 0.4) is 0 Å². The predicted molar refractivity (Wildman–Crippen MR) is 105 cm³/mol. The SMILES string of the molecule is CC(C)c1ccc2c(c1)CCC1[C@](C)(CN)CCC[C@]21C.O=S(=O)(O)O. The number of hydrogen-bond acceptors (Lipinski definition) is 3. The van der Waals surface area contributed by atoms with Crippen LogP contribution in [0.15, 0.2) is 18.2 Å². The third-order valence-corrected chi connectivity index (χ3v) is 6.63. The van der Waals surface area contributed by atoms with Crippen molar-refractivity contribution in [3.63, 3.8) is 0 Å². The molecule has 3 rings (SSSR count). The highest BCUT2D eigenvalue weighted by Gasteiger charge is 2.50. The van der Waals surface area contributed by atoms with Crippen LogP contribution in [0.5, 0.6) is 0 Å². The molecule has 0 aromatic heterocycles. The van der Waals surface area contributed by atoms with Gasteiger partial charge < -0.3 is 5.73 Å². The first-order valence-corrected chi connectivity index (χ1v) is 10.8. The molecule has 3 atom stereocenters. The van der Waals surface area contributed by atoms with Crippen LogP contribution in [0, 0.1) is 11.3 Å². The maximum atomic E-state index is 8.74. The second-order valence-corrected chi connectivity index (χ2v) is 9.64. The number of fused-ring (bicyclic) bond motifs is 3. The summed E-state index contributed by atoms with van der Waals surface area (Å²) >= 11 is 0. The van der Waals surface area contributed by atoms with Gasteiger partial charge in [-0.25, -0.2) is 0 Å². The average Bonchev–Trinajstić information content (AvgIpc) is 2.52. The Balaban J connectivity index is 0.000000431. The third kappa shape index (κ3) is 4.47.